The molecular formula is C4H14Si2. The molecule has 0 atom stereocenters. The van der Waals surface area contributed by atoms with Gasteiger partial charge in [0.25, 0.3) is 0 Å². The van der Waals surface area contributed by atoms with Gasteiger partial charge in [0.15, 0.2) is 0 Å². The van der Waals surface area contributed by atoms with E-state index in [1.54, 1.807) is 6.04 Å². The lowest BCUT2D eigenvalue weighted by Crippen LogP contribution is -1.93. The lowest BCUT2D eigenvalue weighted by Gasteiger charge is -1.95. The van der Waals surface area contributed by atoms with Crippen LogP contribution < -0.4 is 0 Å². The maximum atomic E-state index is 2.31. The molecule has 2 heteroatoms. The second-order valence-corrected chi connectivity index (χ2v) is 6.76. The Labute approximate surface area is 45.4 Å². The van der Waals surface area contributed by atoms with E-state index in [2.05, 4.69) is 13.8 Å². The van der Waals surface area contributed by atoms with Gasteiger partial charge in [-0.1, -0.05) is 25.8 Å². The third-order valence-electron chi connectivity index (χ3n) is 0.866. The van der Waals surface area contributed by atoms with Gasteiger partial charge in [0.1, 0.15) is 0 Å². The molecule has 0 N–H and O–H groups in total. The molecular weight excluding hydrogens is 104 g/mol. The van der Waals surface area contributed by atoms with E-state index in [-0.39, 0.29) is 0 Å². The predicted molar refractivity (Wildman–Crippen MR) is 38.1 cm³/mol. The predicted octanol–water partition coefficient (Wildman–Crippen LogP) is -0.490. The van der Waals surface area contributed by atoms with Crippen molar-refractivity contribution < 1.29 is 0 Å². The summed E-state index contributed by atoms with van der Waals surface area (Å²) >= 11 is 0. The summed E-state index contributed by atoms with van der Waals surface area (Å²) in [6.07, 6.45) is 0. The van der Waals surface area contributed by atoms with Gasteiger partial charge < -0.3 is 0 Å². The van der Waals surface area contributed by atoms with Crippen molar-refractivity contribution in [1.29, 1.82) is 0 Å². The molecule has 38 valence electrons. The molecule has 0 aliphatic heterocycles. The highest BCUT2D eigenvalue weighted by Crippen LogP contribution is 1.95. The summed E-state index contributed by atoms with van der Waals surface area (Å²) in [7, 11) is 2.03. The first-order valence-electron chi connectivity index (χ1n) is 2.77. The van der Waals surface area contributed by atoms with Crippen LogP contribution in [0, 0.1) is 5.92 Å². The van der Waals surface area contributed by atoms with E-state index in [1.807, 2.05) is 0 Å². The van der Waals surface area contributed by atoms with E-state index in [1.165, 1.54) is 9.76 Å². The van der Waals surface area contributed by atoms with Crippen LogP contribution in [0.3, 0.4) is 0 Å². The summed E-state index contributed by atoms with van der Waals surface area (Å²) < 4.78 is 0. The fourth-order valence-electron chi connectivity index (χ4n) is 0.577. The quantitative estimate of drug-likeness (QED) is 0.429. The summed E-state index contributed by atoms with van der Waals surface area (Å²) in [5.41, 5.74) is 0. The summed E-state index contributed by atoms with van der Waals surface area (Å²) in [6.45, 7) is 4.62. The third-order valence-corrected chi connectivity index (χ3v) is 4.33. The zero-order chi connectivity index (χ0) is 4.99. The van der Waals surface area contributed by atoms with Crippen LogP contribution in [-0.4, -0.2) is 18.8 Å². The highest BCUT2D eigenvalue weighted by molar-refractivity contribution is 6.89. The number of hydrogen-bond donors (Lipinski definition) is 0. The highest BCUT2D eigenvalue weighted by Gasteiger charge is 1.86. The molecule has 0 amide bonds. The van der Waals surface area contributed by atoms with Crippen LogP contribution in [0.15, 0.2) is 0 Å². The van der Waals surface area contributed by atoms with Crippen LogP contribution in [0.2, 0.25) is 6.04 Å². The molecule has 0 unspecified atom stereocenters. The van der Waals surface area contributed by atoms with Crippen LogP contribution in [0.1, 0.15) is 13.8 Å². The number of rotatable bonds is 2. The molecule has 0 nitrogen and oxygen atoms in total. The van der Waals surface area contributed by atoms with Crippen molar-refractivity contribution >= 4 is 18.8 Å². The summed E-state index contributed by atoms with van der Waals surface area (Å²) in [4.78, 5) is 0. The van der Waals surface area contributed by atoms with Gasteiger partial charge in [-0.05, 0) is 9.76 Å². The van der Waals surface area contributed by atoms with Crippen LogP contribution in [0.25, 0.3) is 0 Å². The smallest absolute Gasteiger partial charge is 0.00445 e. The van der Waals surface area contributed by atoms with Crippen molar-refractivity contribution in [2.24, 2.45) is 5.92 Å². The molecule has 6 heavy (non-hydrogen) atoms. The molecule has 0 rings (SSSR count). The van der Waals surface area contributed by atoms with E-state index in [0.717, 1.165) is 5.92 Å². The molecule has 0 aromatic rings. The Balaban J connectivity index is 2.63. The van der Waals surface area contributed by atoms with Crippen LogP contribution in [0.4, 0.5) is 0 Å². The van der Waals surface area contributed by atoms with E-state index < -0.39 is 0 Å². The third kappa shape index (κ3) is 4.43. The average Bonchev–Trinajstić information content (AvgIpc) is 1.35. The van der Waals surface area contributed by atoms with E-state index in [4.69, 9.17) is 0 Å². The van der Waals surface area contributed by atoms with Gasteiger partial charge in [-0.2, -0.15) is 0 Å². The topological polar surface area (TPSA) is 0 Å². The first kappa shape index (κ1) is 6.43. The molecule has 0 radical (unpaired) electrons. The Hall–Kier alpha value is 0.434. The Morgan fingerprint density at radius 1 is 1.67 bits per heavy atom. The molecule has 0 fully saturated rings. The Kier molecular flexibility index (Phi) is 3.88. The normalized spacial score (nSPS) is 12.5. The van der Waals surface area contributed by atoms with Gasteiger partial charge in [-0.3, -0.25) is 0 Å². The maximum Gasteiger partial charge on any atom is 0.00445 e. The Morgan fingerprint density at radius 2 is 2.17 bits per heavy atom. The lowest BCUT2D eigenvalue weighted by molar-refractivity contribution is 0.734. The molecule has 0 aromatic heterocycles. The van der Waals surface area contributed by atoms with Crippen LogP contribution >= 0.6 is 0 Å². The second kappa shape index (κ2) is 3.62. The van der Waals surface area contributed by atoms with E-state index in [9.17, 15) is 0 Å². The maximum absolute atomic E-state index is 2.31. The fraction of sp³-hybridized carbons (Fsp3) is 1.00. The standard InChI is InChI=1S/C4H14Si2/c1-4(2)3-6-5/h4H,3,6H2,1-2,5H3. The molecule has 0 aliphatic rings. The van der Waals surface area contributed by atoms with Crippen LogP contribution in [0.5, 0.6) is 0 Å². The molecule has 0 aromatic carbocycles. The molecule has 0 saturated carbocycles. The van der Waals surface area contributed by atoms with Crippen molar-refractivity contribution in [2.45, 2.75) is 19.9 Å². The van der Waals surface area contributed by atoms with Crippen molar-refractivity contribution in [3.05, 3.63) is 0 Å². The molecule has 0 aliphatic carbocycles. The summed E-state index contributed by atoms with van der Waals surface area (Å²) in [5, 5.41) is 0. The largest absolute Gasteiger partial charge is 0.0632 e. The molecule has 0 heterocycles. The van der Waals surface area contributed by atoms with Crippen molar-refractivity contribution in [3.63, 3.8) is 0 Å². The second-order valence-electron chi connectivity index (χ2n) is 2.18. The molecule has 0 bridgehead atoms. The number of hydrogen-bond acceptors (Lipinski definition) is 0. The van der Waals surface area contributed by atoms with Gasteiger partial charge in [-0.25, -0.2) is 0 Å². The monoisotopic (exact) mass is 118 g/mol. The first-order valence-corrected chi connectivity index (χ1v) is 9.43. The van der Waals surface area contributed by atoms with Gasteiger partial charge in [0.2, 0.25) is 0 Å². The summed E-state index contributed by atoms with van der Waals surface area (Å²) in [6, 6.07) is 1.58. The van der Waals surface area contributed by atoms with Gasteiger partial charge >= 0.3 is 0 Å². The molecule has 0 saturated heterocycles. The van der Waals surface area contributed by atoms with Crippen molar-refractivity contribution in [3.8, 4) is 0 Å². The van der Waals surface area contributed by atoms with E-state index in [0.29, 0.717) is 9.04 Å². The van der Waals surface area contributed by atoms with Gasteiger partial charge in [0.05, 0.1) is 0 Å². The summed E-state index contributed by atoms with van der Waals surface area (Å²) in [5.74, 6) is 0.995. The molecule has 0 spiro atoms. The van der Waals surface area contributed by atoms with E-state index >= 15 is 0 Å². The average molecular weight is 118 g/mol. The van der Waals surface area contributed by atoms with Crippen molar-refractivity contribution in [1.82, 2.24) is 0 Å². The Bertz CT molecular complexity index is 26.7. The minimum Gasteiger partial charge on any atom is -0.0632 e. The zero-order valence-corrected chi connectivity index (χ0v) is 8.41. The van der Waals surface area contributed by atoms with Crippen LogP contribution in [-0.2, 0) is 0 Å². The minimum atomic E-state index is 0.505. The van der Waals surface area contributed by atoms with Crippen molar-refractivity contribution in [2.75, 3.05) is 0 Å². The highest BCUT2D eigenvalue weighted by atomic mass is 29.1. The van der Waals surface area contributed by atoms with Gasteiger partial charge in [-0.15, -0.1) is 0 Å². The first-order chi connectivity index (χ1) is 2.77. The minimum absolute atomic E-state index is 0.505. The SMILES string of the molecule is CC(C)C[SiH2][SiH3]. The lowest BCUT2D eigenvalue weighted by atomic mass is 10.3. The Morgan fingerprint density at radius 3 is 2.17 bits per heavy atom. The van der Waals surface area contributed by atoms with Gasteiger partial charge in [0, 0.05) is 9.04 Å². The zero-order valence-electron chi connectivity index (χ0n) is 4.99. The fourth-order valence-corrected chi connectivity index (χ4v) is 5.20.